The second-order valence-electron chi connectivity index (χ2n) is 11.5. The Morgan fingerprint density at radius 1 is 0.872 bits per heavy atom. The van der Waals surface area contributed by atoms with Gasteiger partial charge in [0.15, 0.2) is 0 Å². The minimum absolute atomic E-state index is 0.0339. The fourth-order valence-corrected chi connectivity index (χ4v) is 4.61. The molecule has 1 aliphatic rings. The SMILES string of the molecule is CC(C)(C)OC(=O)N1CCC(C(=O)NNC(=O)c2cc(Oc3ccc(NC(=O)Nc4ccc(Cl)c(C(F)(F)F)c4)cc3)ccn2)CC1. The standard InChI is InChI=1S/C31H32ClF3N6O6/c1-30(2,3)47-29(45)41-14-11-18(12-15-41)26(42)39-40-27(43)25-17-22(10-13-36-25)46-21-7-4-19(5-8-21)37-28(44)38-20-6-9-24(32)23(16-20)31(33,34)35/h4-10,13,16-18H,11-12,14-15H2,1-3H3,(H,39,42)(H,40,43)(H2,37,38,44). The van der Waals surface area contributed by atoms with E-state index in [0.29, 0.717) is 37.4 Å². The first-order chi connectivity index (χ1) is 22.1. The number of ether oxygens (including phenoxy) is 2. The number of carbonyl (C=O) groups excluding carboxylic acids is 4. The van der Waals surface area contributed by atoms with Crippen molar-refractivity contribution in [3.63, 3.8) is 0 Å². The molecule has 0 spiro atoms. The monoisotopic (exact) mass is 676 g/mol. The van der Waals surface area contributed by atoms with E-state index in [0.717, 1.165) is 12.1 Å². The number of anilines is 2. The maximum Gasteiger partial charge on any atom is 0.417 e. The van der Waals surface area contributed by atoms with Crippen molar-refractivity contribution in [2.75, 3.05) is 23.7 Å². The fourth-order valence-electron chi connectivity index (χ4n) is 4.39. The van der Waals surface area contributed by atoms with Crippen LogP contribution in [0.2, 0.25) is 5.02 Å². The number of nitrogens with one attached hydrogen (secondary N) is 4. The van der Waals surface area contributed by atoms with Crippen molar-refractivity contribution in [2.24, 2.45) is 5.92 Å². The topological polar surface area (TPSA) is 151 Å². The third-order valence-electron chi connectivity index (χ3n) is 6.66. The number of halogens is 4. The molecular weight excluding hydrogens is 645 g/mol. The molecule has 0 aliphatic carbocycles. The number of aromatic nitrogens is 1. The molecule has 4 N–H and O–H groups in total. The summed E-state index contributed by atoms with van der Waals surface area (Å²) in [6, 6.07) is 11.1. The van der Waals surface area contributed by atoms with Crippen molar-refractivity contribution in [3.8, 4) is 11.5 Å². The number of hydrogen-bond acceptors (Lipinski definition) is 7. The second-order valence-corrected chi connectivity index (χ2v) is 11.9. The minimum Gasteiger partial charge on any atom is -0.457 e. The molecule has 0 unspecified atom stereocenters. The van der Waals surface area contributed by atoms with Crippen molar-refractivity contribution in [1.82, 2.24) is 20.7 Å². The lowest BCUT2D eigenvalue weighted by atomic mass is 9.96. The van der Waals surface area contributed by atoms with Gasteiger partial charge in [-0.3, -0.25) is 25.4 Å². The Bertz CT molecular complexity index is 1620. The number of piperidine rings is 1. The van der Waals surface area contributed by atoms with E-state index in [1.165, 1.54) is 48.7 Å². The minimum atomic E-state index is -4.68. The Labute approximate surface area is 272 Å². The van der Waals surface area contributed by atoms with Gasteiger partial charge in [-0.1, -0.05) is 11.6 Å². The molecule has 250 valence electrons. The highest BCUT2D eigenvalue weighted by Gasteiger charge is 2.33. The van der Waals surface area contributed by atoms with E-state index in [1.54, 1.807) is 25.7 Å². The van der Waals surface area contributed by atoms with E-state index in [4.69, 9.17) is 21.1 Å². The van der Waals surface area contributed by atoms with Gasteiger partial charge in [0.05, 0.1) is 10.6 Å². The second kappa shape index (κ2) is 14.6. The van der Waals surface area contributed by atoms with Crippen LogP contribution in [-0.2, 0) is 15.7 Å². The van der Waals surface area contributed by atoms with Crippen LogP contribution in [0.3, 0.4) is 0 Å². The van der Waals surface area contributed by atoms with Gasteiger partial charge in [0.25, 0.3) is 5.91 Å². The van der Waals surface area contributed by atoms with E-state index in [9.17, 15) is 32.3 Å². The van der Waals surface area contributed by atoms with E-state index in [1.807, 2.05) is 0 Å². The molecular formula is C31H32ClF3N6O6. The Balaban J connectivity index is 1.24. The summed E-state index contributed by atoms with van der Waals surface area (Å²) in [5.74, 6) is -0.876. The van der Waals surface area contributed by atoms with Crippen LogP contribution in [-0.4, -0.2) is 52.5 Å². The number of rotatable bonds is 6. The highest BCUT2D eigenvalue weighted by atomic mass is 35.5. The average molecular weight is 677 g/mol. The molecule has 1 aliphatic heterocycles. The third-order valence-corrected chi connectivity index (χ3v) is 6.99. The molecule has 1 fully saturated rings. The number of urea groups is 1. The summed E-state index contributed by atoms with van der Waals surface area (Å²) >= 11 is 5.61. The highest BCUT2D eigenvalue weighted by molar-refractivity contribution is 6.31. The first kappa shape index (κ1) is 34.8. The Morgan fingerprint density at radius 3 is 2.15 bits per heavy atom. The van der Waals surface area contributed by atoms with Gasteiger partial charge in [0.2, 0.25) is 5.91 Å². The molecule has 4 rings (SSSR count). The normalized spacial score (nSPS) is 13.7. The lowest BCUT2D eigenvalue weighted by molar-refractivity contribution is -0.137. The predicted molar refractivity (Wildman–Crippen MR) is 166 cm³/mol. The Kier molecular flexibility index (Phi) is 10.8. The molecule has 0 radical (unpaired) electrons. The largest absolute Gasteiger partial charge is 0.457 e. The molecule has 1 saturated heterocycles. The van der Waals surface area contributed by atoms with Crippen LogP contribution in [0.4, 0.5) is 34.1 Å². The van der Waals surface area contributed by atoms with Crippen LogP contribution in [0.15, 0.2) is 60.8 Å². The van der Waals surface area contributed by atoms with Crippen LogP contribution in [0, 0.1) is 5.92 Å². The number of likely N-dealkylation sites (tertiary alicyclic amines) is 1. The summed E-state index contributed by atoms with van der Waals surface area (Å²) < 4.78 is 50.4. The Morgan fingerprint density at radius 2 is 1.51 bits per heavy atom. The summed E-state index contributed by atoms with van der Waals surface area (Å²) in [6.07, 6.45) is -2.95. The molecule has 5 amide bonds. The van der Waals surface area contributed by atoms with Crippen LogP contribution < -0.4 is 26.2 Å². The molecule has 16 heteroatoms. The Hall–Kier alpha value is -5.05. The number of benzene rings is 2. The van der Waals surface area contributed by atoms with Crippen molar-refractivity contribution in [1.29, 1.82) is 0 Å². The zero-order valence-electron chi connectivity index (χ0n) is 25.5. The number of pyridine rings is 1. The number of nitrogens with zero attached hydrogens (tertiary/aromatic N) is 2. The molecule has 0 saturated carbocycles. The van der Waals surface area contributed by atoms with E-state index in [-0.39, 0.29) is 17.1 Å². The average Bonchev–Trinajstić information content (AvgIpc) is 3.00. The predicted octanol–water partition coefficient (Wildman–Crippen LogP) is 6.60. The summed E-state index contributed by atoms with van der Waals surface area (Å²) in [5, 5.41) is 4.33. The molecule has 1 aromatic heterocycles. The van der Waals surface area contributed by atoms with Gasteiger partial charge in [0, 0.05) is 42.6 Å². The molecule has 12 nitrogen and oxygen atoms in total. The van der Waals surface area contributed by atoms with E-state index in [2.05, 4.69) is 26.5 Å². The van der Waals surface area contributed by atoms with Crippen molar-refractivity contribution >= 4 is 46.9 Å². The summed E-state index contributed by atoms with van der Waals surface area (Å²) in [4.78, 5) is 55.4. The molecule has 0 bridgehead atoms. The number of hydrogen-bond donors (Lipinski definition) is 4. The zero-order valence-corrected chi connectivity index (χ0v) is 26.3. The molecule has 2 heterocycles. The first-order valence-corrected chi connectivity index (χ1v) is 14.7. The summed E-state index contributed by atoms with van der Waals surface area (Å²) in [5.41, 5.74) is 3.23. The van der Waals surface area contributed by atoms with Gasteiger partial charge in [-0.25, -0.2) is 9.59 Å². The number of hydrazine groups is 1. The number of carbonyl (C=O) groups is 4. The van der Waals surface area contributed by atoms with Gasteiger partial charge < -0.3 is 25.0 Å². The van der Waals surface area contributed by atoms with E-state index < -0.39 is 52.2 Å². The quantitative estimate of drug-likeness (QED) is 0.215. The van der Waals surface area contributed by atoms with Crippen LogP contribution in [0.1, 0.15) is 49.7 Å². The molecule has 2 aromatic carbocycles. The smallest absolute Gasteiger partial charge is 0.417 e. The fraction of sp³-hybridized carbons (Fsp3) is 0.323. The van der Waals surface area contributed by atoms with Crippen molar-refractivity contribution in [3.05, 3.63) is 77.1 Å². The van der Waals surface area contributed by atoms with Crippen LogP contribution >= 0.6 is 11.6 Å². The van der Waals surface area contributed by atoms with Gasteiger partial charge in [-0.05, 0) is 82.1 Å². The summed E-state index contributed by atoms with van der Waals surface area (Å²) in [7, 11) is 0. The van der Waals surface area contributed by atoms with Crippen LogP contribution in [0.5, 0.6) is 11.5 Å². The zero-order chi connectivity index (χ0) is 34.4. The van der Waals surface area contributed by atoms with Crippen LogP contribution in [0.25, 0.3) is 0 Å². The maximum absolute atomic E-state index is 13.1. The van der Waals surface area contributed by atoms with Gasteiger partial charge >= 0.3 is 18.3 Å². The molecule has 47 heavy (non-hydrogen) atoms. The first-order valence-electron chi connectivity index (χ1n) is 14.3. The molecule has 0 atom stereocenters. The maximum atomic E-state index is 13.1. The van der Waals surface area contributed by atoms with E-state index >= 15 is 0 Å². The van der Waals surface area contributed by atoms with Gasteiger partial charge in [0.1, 0.15) is 22.8 Å². The third kappa shape index (κ3) is 10.2. The van der Waals surface area contributed by atoms with Crippen molar-refractivity contribution < 1.29 is 41.8 Å². The molecule has 3 aromatic rings. The van der Waals surface area contributed by atoms with Gasteiger partial charge in [-0.2, -0.15) is 13.2 Å². The van der Waals surface area contributed by atoms with Gasteiger partial charge in [-0.15, -0.1) is 0 Å². The lowest BCUT2D eigenvalue weighted by Crippen LogP contribution is -2.48. The number of alkyl halides is 3. The summed E-state index contributed by atoms with van der Waals surface area (Å²) in [6.45, 7) is 6.03. The number of amides is 5. The highest BCUT2D eigenvalue weighted by Crippen LogP contribution is 2.36. The van der Waals surface area contributed by atoms with Crippen molar-refractivity contribution in [2.45, 2.75) is 45.4 Å². The lowest BCUT2D eigenvalue weighted by Gasteiger charge is -2.32.